The summed E-state index contributed by atoms with van der Waals surface area (Å²) in [7, 11) is -4.45. The Balaban J connectivity index is 2.80. The lowest BCUT2D eigenvalue weighted by molar-refractivity contribution is -0.146. The Labute approximate surface area is 107 Å². The number of aliphatic hydroxyl groups is 1. The Morgan fingerprint density at radius 2 is 1.84 bits per heavy atom. The van der Waals surface area contributed by atoms with E-state index in [4.69, 9.17) is 10.2 Å². The molecule has 0 heterocycles. The second-order valence-corrected chi connectivity index (χ2v) is 5.30. The van der Waals surface area contributed by atoms with Crippen molar-refractivity contribution < 1.29 is 32.2 Å². The number of nitrogens with one attached hydrogen (secondary N) is 1. The molecule has 0 amide bonds. The van der Waals surface area contributed by atoms with Crippen LogP contribution in [0.5, 0.6) is 0 Å². The van der Waals surface area contributed by atoms with Crippen molar-refractivity contribution in [1.29, 1.82) is 0 Å². The van der Waals surface area contributed by atoms with Crippen LogP contribution in [0.2, 0.25) is 0 Å². The van der Waals surface area contributed by atoms with Gasteiger partial charge in [-0.1, -0.05) is 6.07 Å². The predicted octanol–water partition coefficient (Wildman–Crippen LogP) is 0.0787. The highest BCUT2D eigenvalue weighted by molar-refractivity contribution is 7.89. The second-order valence-electron chi connectivity index (χ2n) is 3.59. The number of carboxylic acids is 1. The van der Waals surface area contributed by atoms with Crippen molar-refractivity contribution >= 4 is 16.0 Å². The number of halogens is 2. The molecule has 1 rings (SSSR count). The molecule has 106 valence electrons. The Morgan fingerprint density at radius 3 is 2.32 bits per heavy atom. The smallest absolute Gasteiger partial charge is 0.332 e. The minimum atomic E-state index is -4.45. The van der Waals surface area contributed by atoms with Gasteiger partial charge >= 0.3 is 5.97 Å². The molecule has 3 N–H and O–H groups in total. The summed E-state index contributed by atoms with van der Waals surface area (Å²) in [4.78, 5) is 9.15. The van der Waals surface area contributed by atoms with Gasteiger partial charge in [-0.05, 0) is 18.6 Å². The molecule has 0 saturated heterocycles. The second kappa shape index (κ2) is 6.04. The highest BCUT2D eigenvalue weighted by Crippen LogP contribution is 2.17. The number of rotatable bonds is 6. The monoisotopic (exact) mass is 295 g/mol. The molecule has 1 aromatic rings. The standard InChI is InChI=1S/C10H11F2NO5S/c11-6-2-1-3-7(12)9(6)19(17,18)13-5-4-8(14)10(15)16/h1-3,8,13-14H,4-5H2,(H,15,16)/t8-/m0/s1. The van der Waals surface area contributed by atoms with E-state index < -0.39 is 51.6 Å². The van der Waals surface area contributed by atoms with Gasteiger partial charge in [-0.2, -0.15) is 0 Å². The predicted molar refractivity (Wildman–Crippen MR) is 59.8 cm³/mol. The van der Waals surface area contributed by atoms with Gasteiger partial charge in [-0.3, -0.25) is 0 Å². The molecule has 9 heteroatoms. The van der Waals surface area contributed by atoms with Crippen LogP contribution in [0.25, 0.3) is 0 Å². The van der Waals surface area contributed by atoms with Crippen molar-refractivity contribution in [3.8, 4) is 0 Å². The maximum atomic E-state index is 13.3. The van der Waals surface area contributed by atoms with Crippen molar-refractivity contribution in [3.63, 3.8) is 0 Å². The number of aliphatic carboxylic acids is 1. The van der Waals surface area contributed by atoms with Crippen LogP contribution in [-0.2, 0) is 14.8 Å². The SMILES string of the molecule is O=C(O)[C@@H](O)CCNS(=O)(=O)c1c(F)cccc1F. The third-order valence-electron chi connectivity index (χ3n) is 2.18. The maximum absolute atomic E-state index is 13.3. The molecular formula is C10H11F2NO5S. The van der Waals surface area contributed by atoms with Gasteiger partial charge in [0.1, 0.15) is 11.6 Å². The van der Waals surface area contributed by atoms with Crippen LogP contribution in [0.1, 0.15) is 6.42 Å². The highest BCUT2D eigenvalue weighted by Gasteiger charge is 2.24. The molecule has 0 aliphatic rings. The number of aliphatic hydroxyl groups excluding tert-OH is 1. The van der Waals surface area contributed by atoms with Crippen molar-refractivity contribution in [1.82, 2.24) is 4.72 Å². The number of hydrogen-bond donors (Lipinski definition) is 3. The molecule has 0 fully saturated rings. The van der Waals surface area contributed by atoms with Crippen molar-refractivity contribution in [3.05, 3.63) is 29.8 Å². The molecule has 0 aromatic heterocycles. The van der Waals surface area contributed by atoms with Gasteiger partial charge in [0, 0.05) is 6.54 Å². The first-order valence-corrected chi connectivity index (χ1v) is 6.58. The summed E-state index contributed by atoms with van der Waals surface area (Å²) >= 11 is 0. The number of hydrogen-bond acceptors (Lipinski definition) is 4. The minimum absolute atomic E-state index is 0.426. The van der Waals surface area contributed by atoms with E-state index in [2.05, 4.69) is 0 Å². The number of carbonyl (C=O) groups is 1. The molecule has 0 aliphatic heterocycles. The molecule has 1 atom stereocenters. The molecule has 0 spiro atoms. The zero-order valence-electron chi connectivity index (χ0n) is 9.51. The van der Waals surface area contributed by atoms with Crippen LogP contribution in [0.4, 0.5) is 8.78 Å². The molecule has 1 aromatic carbocycles. The summed E-state index contributed by atoms with van der Waals surface area (Å²) in [6.07, 6.45) is -2.18. The Hall–Kier alpha value is -1.58. The fourth-order valence-corrected chi connectivity index (χ4v) is 2.45. The van der Waals surface area contributed by atoms with Gasteiger partial charge in [-0.25, -0.2) is 26.7 Å². The normalized spacial score (nSPS) is 13.2. The molecule has 6 nitrogen and oxygen atoms in total. The van der Waals surface area contributed by atoms with E-state index in [9.17, 15) is 22.0 Å². The van der Waals surface area contributed by atoms with E-state index in [-0.39, 0.29) is 0 Å². The number of sulfonamides is 1. The van der Waals surface area contributed by atoms with E-state index in [0.717, 1.165) is 18.2 Å². The van der Waals surface area contributed by atoms with E-state index in [1.54, 1.807) is 0 Å². The molecule has 0 radical (unpaired) electrons. The fourth-order valence-electron chi connectivity index (χ4n) is 1.26. The zero-order valence-corrected chi connectivity index (χ0v) is 10.3. The molecule has 19 heavy (non-hydrogen) atoms. The highest BCUT2D eigenvalue weighted by atomic mass is 32.2. The summed E-state index contributed by atoms with van der Waals surface area (Å²) in [5.74, 6) is -4.03. The van der Waals surface area contributed by atoms with Crippen LogP contribution >= 0.6 is 0 Å². The van der Waals surface area contributed by atoms with Crippen LogP contribution in [0, 0.1) is 11.6 Å². The molecular weight excluding hydrogens is 284 g/mol. The summed E-state index contributed by atoms with van der Waals surface area (Å²) in [6.45, 7) is -0.469. The molecule has 0 saturated carbocycles. The Morgan fingerprint density at radius 1 is 1.32 bits per heavy atom. The van der Waals surface area contributed by atoms with Gasteiger partial charge in [0.25, 0.3) is 0 Å². The average Bonchev–Trinajstić information content (AvgIpc) is 2.27. The van der Waals surface area contributed by atoms with Crippen molar-refractivity contribution in [2.24, 2.45) is 0 Å². The van der Waals surface area contributed by atoms with Gasteiger partial charge in [-0.15, -0.1) is 0 Å². The number of benzene rings is 1. The number of carboxylic acid groups (broad SMARTS) is 1. The third kappa shape index (κ3) is 3.94. The van der Waals surface area contributed by atoms with E-state index in [0.29, 0.717) is 0 Å². The molecule has 0 unspecified atom stereocenters. The average molecular weight is 295 g/mol. The van der Waals surface area contributed by atoms with E-state index >= 15 is 0 Å². The van der Waals surface area contributed by atoms with Gasteiger partial charge in [0.15, 0.2) is 11.0 Å². The zero-order chi connectivity index (χ0) is 14.6. The quantitative estimate of drug-likeness (QED) is 0.689. The first-order chi connectivity index (χ1) is 8.75. The van der Waals surface area contributed by atoms with Crippen molar-refractivity contribution in [2.75, 3.05) is 6.54 Å². The first kappa shape index (κ1) is 15.5. The van der Waals surface area contributed by atoms with E-state index in [1.165, 1.54) is 0 Å². The summed E-state index contributed by atoms with van der Waals surface area (Å²) in [5, 5.41) is 17.3. The third-order valence-corrected chi connectivity index (χ3v) is 3.69. The Kier molecular flexibility index (Phi) is 4.92. The van der Waals surface area contributed by atoms with Crippen LogP contribution < -0.4 is 4.72 Å². The Bertz CT molecular complexity index is 555. The lowest BCUT2D eigenvalue weighted by atomic mass is 10.3. The molecule has 0 bridgehead atoms. The largest absolute Gasteiger partial charge is 0.479 e. The topological polar surface area (TPSA) is 104 Å². The fraction of sp³-hybridized carbons (Fsp3) is 0.300. The van der Waals surface area contributed by atoms with Gasteiger partial charge < -0.3 is 10.2 Å². The summed E-state index contributed by atoms with van der Waals surface area (Å²) < 4.78 is 51.5. The van der Waals surface area contributed by atoms with Crippen LogP contribution in [0.3, 0.4) is 0 Å². The van der Waals surface area contributed by atoms with Crippen LogP contribution in [-0.4, -0.2) is 37.2 Å². The summed E-state index contributed by atoms with van der Waals surface area (Å²) in [5.41, 5.74) is 0. The lowest BCUT2D eigenvalue weighted by Crippen LogP contribution is -2.31. The minimum Gasteiger partial charge on any atom is -0.479 e. The summed E-state index contributed by atoms with van der Waals surface area (Å²) in [6, 6.07) is 2.57. The van der Waals surface area contributed by atoms with Gasteiger partial charge in [0.05, 0.1) is 0 Å². The first-order valence-electron chi connectivity index (χ1n) is 5.10. The maximum Gasteiger partial charge on any atom is 0.332 e. The van der Waals surface area contributed by atoms with Gasteiger partial charge in [0.2, 0.25) is 10.0 Å². The van der Waals surface area contributed by atoms with Crippen LogP contribution in [0.15, 0.2) is 23.1 Å². The van der Waals surface area contributed by atoms with Crippen molar-refractivity contribution in [2.45, 2.75) is 17.4 Å². The van der Waals surface area contributed by atoms with E-state index in [1.807, 2.05) is 4.72 Å². The molecule has 0 aliphatic carbocycles. The lowest BCUT2D eigenvalue weighted by Gasteiger charge is -2.09.